The lowest BCUT2D eigenvalue weighted by molar-refractivity contribution is 0.100. The highest BCUT2D eigenvalue weighted by atomic mass is 32.2. The van der Waals surface area contributed by atoms with Gasteiger partial charge in [0, 0.05) is 18.5 Å². The average Bonchev–Trinajstić information content (AvgIpc) is 2.94. The van der Waals surface area contributed by atoms with E-state index in [1.54, 1.807) is 0 Å². The molecule has 0 spiro atoms. The zero-order valence-electron chi connectivity index (χ0n) is 12.7. The fourth-order valence-corrected chi connectivity index (χ4v) is 4.87. The second-order valence-corrected chi connectivity index (χ2v) is 8.49. The van der Waals surface area contributed by atoms with Crippen molar-refractivity contribution >= 4 is 27.3 Å². The fourth-order valence-electron chi connectivity index (χ4n) is 2.67. The van der Waals surface area contributed by atoms with Crippen LogP contribution < -0.4 is 10.5 Å². The normalized spacial score (nSPS) is 20.1. The first-order chi connectivity index (χ1) is 10.4. The Kier molecular flexibility index (Phi) is 5.96. The smallest absolute Gasteiger partial charge is 0.258 e. The predicted octanol–water partition coefficient (Wildman–Crippen LogP) is 1.25. The Morgan fingerprint density at radius 1 is 1.55 bits per heavy atom. The summed E-state index contributed by atoms with van der Waals surface area (Å²) in [5.74, 6) is 0.120. The monoisotopic (exact) mass is 345 g/mol. The van der Waals surface area contributed by atoms with Crippen molar-refractivity contribution in [2.75, 3.05) is 26.2 Å². The molecule has 0 aromatic carbocycles. The van der Waals surface area contributed by atoms with E-state index in [0.717, 1.165) is 43.3 Å². The number of piperidine rings is 1. The molecule has 124 valence electrons. The van der Waals surface area contributed by atoms with Crippen LogP contribution in [0.2, 0.25) is 0 Å². The van der Waals surface area contributed by atoms with Gasteiger partial charge in [0.2, 0.25) is 10.0 Å². The first-order valence-corrected chi connectivity index (χ1v) is 9.85. The maximum Gasteiger partial charge on any atom is 0.258 e. The number of hydrogen-bond acceptors (Lipinski definition) is 5. The molecule has 1 aliphatic rings. The van der Waals surface area contributed by atoms with Crippen molar-refractivity contribution in [3.63, 3.8) is 0 Å². The van der Waals surface area contributed by atoms with E-state index < -0.39 is 15.9 Å². The molecular weight excluding hydrogens is 322 g/mol. The molecule has 8 heteroatoms. The number of carbonyl (C=O) groups excluding carboxylic acids is 1. The van der Waals surface area contributed by atoms with Gasteiger partial charge in [0.05, 0.1) is 9.77 Å². The van der Waals surface area contributed by atoms with Crippen LogP contribution in [0.3, 0.4) is 0 Å². The van der Waals surface area contributed by atoms with Gasteiger partial charge >= 0.3 is 0 Å². The van der Waals surface area contributed by atoms with E-state index in [0.29, 0.717) is 6.54 Å². The minimum Gasteiger partial charge on any atom is -0.365 e. The van der Waals surface area contributed by atoms with Gasteiger partial charge in [0.25, 0.3) is 5.91 Å². The van der Waals surface area contributed by atoms with Gasteiger partial charge in [-0.3, -0.25) is 4.79 Å². The van der Waals surface area contributed by atoms with Crippen molar-refractivity contribution < 1.29 is 13.2 Å². The minimum atomic E-state index is -3.55. The summed E-state index contributed by atoms with van der Waals surface area (Å²) in [6.45, 7) is 5.75. The number of thiophene rings is 1. The molecule has 1 fully saturated rings. The van der Waals surface area contributed by atoms with Crippen molar-refractivity contribution in [1.29, 1.82) is 0 Å². The Bertz CT molecular complexity index is 613. The number of carbonyl (C=O) groups is 1. The molecule has 22 heavy (non-hydrogen) atoms. The second kappa shape index (κ2) is 7.54. The van der Waals surface area contributed by atoms with E-state index in [2.05, 4.69) is 16.5 Å². The van der Waals surface area contributed by atoms with Crippen molar-refractivity contribution in [3.8, 4) is 0 Å². The maximum atomic E-state index is 12.1. The van der Waals surface area contributed by atoms with Gasteiger partial charge < -0.3 is 10.6 Å². The zero-order valence-corrected chi connectivity index (χ0v) is 14.4. The molecule has 0 unspecified atom stereocenters. The molecular formula is C14H23N3O3S2. The summed E-state index contributed by atoms with van der Waals surface area (Å²) in [4.78, 5) is 13.8. The lowest BCUT2D eigenvalue weighted by Crippen LogP contribution is -2.36. The van der Waals surface area contributed by atoms with Gasteiger partial charge in [-0.15, -0.1) is 11.3 Å². The largest absolute Gasteiger partial charge is 0.365 e. The van der Waals surface area contributed by atoms with Crippen molar-refractivity contribution in [2.24, 2.45) is 11.7 Å². The molecule has 1 aromatic rings. The molecule has 2 rings (SSSR count). The maximum absolute atomic E-state index is 12.1. The van der Waals surface area contributed by atoms with Gasteiger partial charge in [-0.25, -0.2) is 13.1 Å². The van der Waals surface area contributed by atoms with Gasteiger partial charge in [-0.1, -0.05) is 6.92 Å². The van der Waals surface area contributed by atoms with Gasteiger partial charge in [-0.2, -0.15) is 0 Å². The van der Waals surface area contributed by atoms with Crippen LogP contribution in [-0.4, -0.2) is 45.4 Å². The molecule has 1 aliphatic heterocycles. The molecule has 2 heterocycles. The Morgan fingerprint density at radius 2 is 2.32 bits per heavy atom. The number of sulfonamides is 1. The van der Waals surface area contributed by atoms with E-state index in [9.17, 15) is 13.2 Å². The lowest BCUT2D eigenvalue weighted by Gasteiger charge is -2.30. The van der Waals surface area contributed by atoms with E-state index >= 15 is 0 Å². The van der Waals surface area contributed by atoms with Gasteiger partial charge in [0.15, 0.2) is 0 Å². The predicted molar refractivity (Wildman–Crippen MR) is 87.5 cm³/mol. The number of nitrogens with one attached hydrogen (secondary N) is 1. The molecule has 1 amide bonds. The quantitative estimate of drug-likeness (QED) is 0.727. The first kappa shape index (κ1) is 17.4. The summed E-state index contributed by atoms with van der Waals surface area (Å²) >= 11 is 1.04. The van der Waals surface area contributed by atoms with Crippen LogP contribution in [-0.2, 0) is 10.0 Å². The molecule has 1 saturated heterocycles. The van der Waals surface area contributed by atoms with Crippen LogP contribution in [0.4, 0.5) is 0 Å². The zero-order chi connectivity index (χ0) is 16.2. The summed E-state index contributed by atoms with van der Waals surface area (Å²) in [5.41, 5.74) is 5.14. The Hall–Kier alpha value is -0.960. The molecule has 0 aliphatic carbocycles. The average molecular weight is 345 g/mol. The topological polar surface area (TPSA) is 92.5 Å². The highest BCUT2D eigenvalue weighted by molar-refractivity contribution is 7.89. The van der Waals surface area contributed by atoms with Crippen molar-refractivity contribution in [2.45, 2.75) is 31.1 Å². The number of hydrogen-bond donors (Lipinski definition) is 2. The van der Waals surface area contributed by atoms with Crippen LogP contribution >= 0.6 is 11.3 Å². The van der Waals surface area contributed by atoms with E-state index in [1.807, 2.05) is 0 Å². The number of amides is 1. The van der Waals surface area contributed by atoms with Crippen molar-refractivity contribution in [3.05, 3.63) is 16.3 Å². The van der Waals surface area contributed by atoms with Crippen LogP contribution in [0.15, 0.2) is 16.3 Å². The Morgan fingerprint density at radius 3 is 2.95 bits per heavy atom. The fraction of sp³-hybridized carbons (Fsp3) is 0.643. The van der Waals surface area contributed by atoms with Crippen LogP contribution in [0.25, 0.3) is 0 Å². The van der Waals surface area contributed by atoms with E-state index in [4.69, 9.17) is 5.73 Å². The third-order valence-electron chi connectivity index (χ3n) is 3.81. The minimum absolute atomic E-state index is 0.109. The highest BCUT2D eigenvalue weighted by Crippen LogP contribution is 2.19. The van der Waals surface area contributed by atoms with Crippen molar-refractivity contribution in [1.82, 2.24) is 9.62 Å². The highest BCUT2D eigenvalue weighted by Gasteiger charge is 2.18. The van der Waals surface area contributed by atoms with Crippen LogP contribution in [0.1, 0.15) is 35.9 Å². The summed E-state index contributed by atoms with van der Waals surface area (Å²) in [5, 5.41) is 1.44. The number of nitrogens with zero attached hydrogens (tertiary/aromatic N) is 1. The molecule has 0 saturated carbocycles. The number of nitrogens with two attached hydrogens (primary N) is 1. The Labute approximate surface area is 135 Å². The van der Waals surface area contributed by atoms with Crippen LogP contribution in [0, 0.1) is 5.92 Å². The standard InChI is InChI=1S/C14H23N3O3S2/c1-11-4-2-6-17(9-11)7-3-5-16-22(19,20)12-8-13(14(15)18)21-10-12/h8,10-11,16H,2-7,9H2,1H3,(H2,15,18)/t11-/m1/s1. The lowest BCUT2D eigenvalue weighted by atomic mass is 10.0. The summed E-state index contributed by atoms with van der Waals surface area (Å²) < 4.78 is 26.8. The molecule has 0 bridgehead atoms. The first-order valence-electron chi connectivity index (χ1n) is 7.49. The molecule has 1 atom stereocenters. The number of primary amides is 1. The summed E-state index contributed by atoms with van der Waals surface area (Å²) in [7, 11) is -3.55. The third-order valence-corrected chi connectivity index (χ3v) is 6.35. The summed E-state index contributed by atoms with van der Waals surface area (Å²) in [6, 6.07) is 1.32. The van der Waals surface area contributed by atoms with E-state index in [-0.39, 0.29) is 9.77 Å². The SMILES string of the molecule is C[C@@H]1CCCN(CCCNS(=O)(=O)c2csc(C(N)=O)c2)C1. The number of rotatable bonds is 7. The molecule has 1 aromatic heterocycles. The Balaban J connectivity index is 1.78. The molecule has 0 radical (unpaired) electrons. The molecule has 6 nitrogen and oxygen atoms in total. The van der Waals surface area contributed by atoms with Gasteiger partial charge in [0.1, 0.15) is 0 Å². The number of likely N-dealkylation sites (tertiary alicyclic amines) is 1. The van der Waals surface area contributed by atoms with Crippen LogP contribution in [0.5, 0.6) is 0 Å². The van der Waals surface area contributed by atoms with Gasteiger partial charge in [-0.05, 0) is 44.3 Å². The second-order valence-electron chi connectivity index (χ2n) is 5.81. The van der Waals surface area contributed by atoms with E-state index in [1.165, 1.54) is 24.3 Å². The third kappa shape index (κ3) is 4.77. The summed E-state index contributed by atoms with van der Waals surface area (Å²) in [6.07, 6.45) is 3.28. The molecule has 3 N–H and O–H groups in total.